The number of rotatable bonds is 4. The maximum atomic E-state index is 11.7. The number of carbonyl (C=O) groups excluding carboxylic acids is 1. The molecule has 1 heterocycles. The summed E-state index contributed by atoms with van der Waals surface area (Å²) < 4.78 is 0. The summed E-state index contributed by atoms with van der Waals surface area (Å²) in [5, 5.41) is 5.53. The van der Waals surface area contributed by atoms with Crippen molar-refractivity contribution in [2.24, 2.45) is 0 Å². The molecule has 0 unspecified atom stereocenters. The van der Waals surface area contributed by atoms with E-state index in [4.69, 9.17) is 17.3 Å². The Kier molecular flexibility index (Phi) is 4.17. The fourth-order valence-electron chi connectivity index (χ4n) is 1.50. The number of nitrogens with zero attached hydrogens (tertiary/aromatic N) is 1. The molecule has 18 heavy (non-hydrogen) atoms. The van der Waals surface area contributed by atoms with E-state index in [1.54, 1.807) is 5.38 Å². The molecule has 94 valence electrons. The highest BCUT2D eigenvalue weighted by Crippen LogP contribution is 2.12. The van der Waals surface area contributed by atoms with Crippen LogP contribution in [0.3, 0.4) is 0 Å². The van der Waals surface area contributed by atoms with Crippen molar-refractivity contribution in [2.75, 3.05) is 12.3 Å². The fourth-order valence-corrected chi connectivity index (χ4v) is 2.25. The predicted octanol–water partition coefficient (Wildman–Crippen LogP) is 2.35. The molecule has 0 spiro atoms. The number of nitrogen functional groups attached to an aromatic ring is 1. The second kappa shape index (κ2) is 5.84. The molecule has 6 heteroatoms. The van der Waals surface area contributed by atoms with E-state index < -0.39 is 0 Å². The van der Waals surface area contributed by atoms with Crippen LogP contribution in [0.5, 0.6) is 0 Å². The van der Waals surface area contributed by atoms with Crippen LogP contribution in [0.25, 0.3) is 0 Å². The lowest BCUT2D eigenvalue weighted by atomic mass is 10.1. The zero-order valence-electron chi connectivity index (χ0n) is 9.52. The zero-order chi connectivity index (χ0) is 13.0. The summed E-state index contributed by atoms with van der Waals surface area (Å²) in [7, 11) is 0. The van der Waals surface area contributed by atoms with Gasteiger partial charge in [-0.25, -0.2) is 4.98 Å². The molecule has 0 aliphatic carbocycles. The van der Waals surface area contributed by atoms with Gasteiger partial charge in [-0.3, -0.25) is 4.79 Å². The largest absolute Gasteiger partial charge is 0.375 e. The fraction of sp³-hybridized carbons (Fsp3) is 0.167. The Hall–Kier alpha value is -1.59. The van der Waals surface area contributed by atoms with Gasteiger partial charge >= 0.3 is 0 Å². The van der Waals surface area contributed by atoms with Crippen LogP contribution in [-0.2, 0) is 6.42 Å². The highest BCUT2D eigenvalue weighted by Gasteiger charge is 2.08. The standard InChI is InChI=1S/C12H12ClN3OS/c13-9-3-1-2-8(6-9)4-5-15-11(17)10-7-18-12(14)16-10/h1-3,6-7H,4-5H2,(H2,14,16)(H,15,17). The Morgan fingerprint density at radius 3 is 3.00 bits per heavy atom. The van der Waals surface area contributed by atoms with Crippen molar-refractivity contribution in [1.82, 2.24) is 10.3 Å². The first-order valence-corrected chi connectivity index (χ1v) is 6.64. The summed E-state index contributed by atoms with van der Waals surface area (Å²) in [6.45, 7) is 0.538. The first-order chi connectivity index (χ1) is 8.65. The SMILES string of the molecule is Nc1nc(C(=O)NCCc2cccc(Cl)c2)cs1. The number of hydrogen-bond acceptors (Lipinski definition) is 4. The average Bonchev–Trinajstić information content (AvgIpc) is 2.76. The molecule has 0 saturated heterocycles. The molecule has 2 rings (SSSR count). The van der Waals surface area contributed by atoms with Crippen LogP contribution >= 0.6 is 22.9 Å². The number of nitrogens with two attached hydrogens (primary N) is 1. The van der Waals surface area contributed by atoms with Gasteiger partial charge in [0.25, 0.3) is 5.91 Å². The molecule has 1 amide bonds. The molecular weight excluding hydrogens is 270 g/mol. The smallest absolute Gasteiger partial charge is 0.270 e. The van der Waals surface area contributed by atoms with Gasteiger partial charge in [-0.2, -0.15) is 0 Å². The van der Waals surface area contributed by atoms with Crippen LogP contribution in [0.4, 0.5) is 5.13 Å². The van der Waals surface area contributed by atoms with Gasteiger partial charge in [0.1, 0.15) is 5.69 Å². The van der Waals surface area contributed by atoms with Crippen LogP contribution < -0.4 is 11.1 Å². The van der Waals surface area contributed by atoms with E-state index >= 15 is 0 Å². The topological polar surface area (TPSA) is 68.0 Å². The van der Waals surface area contributed by atoms with Crippen LogP contribution in [0, 0.1) is 0 Å². The van der Waals surface area contributed by atoms with Gasteiger partial charge < -0.3 is 11.1 Å². The van der Waals surface area contributed by atoms with Crippen molar-refractivity contribution in [3.8, 4) is 0 Å². The normalized spacial score (nSPS) is 10.3. The number of hydrogen-bond donors (Lipinski definition) is 2. The number of carbonyl (C=O) groups is 1. The van der Waals surface area contributed by atoms with E-state index in [9.17, 15) is 4.79 Å². The van der Waals surface area contributed by atoms with E-state index in [0.717, 1.165) is 12.0 Å². The minimum atomic E-state index is -0.204. The van der Waals surface area contributed by atoms with E-state index in [2.05, 4.69) is 10.3 Å². The van der Waals surface area contributed by atoms with Crippen molar-refractivity contribution in [2.45, 2.75) is 6.42 Å². The Morgan fingerprint density at radius 1 is 1.50 bits per heavy atom. The third kappa shape index (κ3) is 3.45. The summed E-state index contributed by atoms with van der Waals surface area (Å²) in [6, 6.07) is 7.57. The van der Waals surface area contributed by atoms with Crippen LogP contribution in [0.2, 0.25) is 5.02 Å². The summed E-state index contributed by atoms with van der Waals surface area (Å²) in [5.41, 5.74) is 6.91. The maximum absolute atomic E-state index is 11.7. The van der Waals surface area contributed by atoms with Gasteiger partial charge in [0.05, 0.1) is 0 Å². The number of benzene rings is 1. The lowest BCUT2D eigenvalue weighted by Crippen LogP contribution is -2.25. The molecular formula is C12H12ClN3OS. The lowest BCUT2D eigenvalue weighted by Gasteiger charge is -2.03. The minimum Gasteiger partial charge on any atom is -0.375 e. The van der Waals surface area contributed by atoms with Crippen molar-refractivity contribution in [3.05, 3.63) is 45.9 Å². The van der Waals surface area contributed by atoms with Crippen molar-refractivity contribution < 1.29 is 4.79 Å². The molecule has 3 N–H and O–H groups in total. The number of aromatic nitrogens is 1. The van der Waals surface area contributed by atoms with E-state index in [1.165, 1.54) is 11.3 Å². The second-order valence-corrected chi connectivity index (χ2v) is 5.03. The molecule has 1 aromatic carbocycles. The molecule has 0 saturated carbocycles. The maximum Gasteiger partial charge on any atom is 0.270 e. The van der Waals surface area contributed by atoms with Gasteiger partial charge in [0.15, 0.2) is 5.13 Å². The van der Waals surface area contributed by atoms with Crippen LogP contribution in [0.15, 0.2) is 29.6 Å². The molecule has 0 bridgehead atoms. The van der Waals surface area contributed by atoms with Gasteiger partial charge in [-0.1, -0.05) is 23.7 Å². The van der Waals surface area contributed by atoms with Crippen LogP contribution in [0.1, 0.15) is 16.1 Å². The van der Waals surface area contributed by atoms with E-state index in [1.807, 2.05) is 24.3 Å². The predicted molar refractivity (Wildman–Crippen MR) is 74.0 cm³/mol. The Labute approximate surface area is 114 Å². The molecule has 4 nitrogen and oxygen atoms in total. The number of nitrogens with one attached hydrogen (secondary N) is 1. The molecule has 0 atom stereocenters. The first kappa shape index (κ1) is 12.9. The van der Waals surface area contributed by atoms with Crippen molar-refractivity contribution in [1.29, 1.82) is 0 Å². The molecule has 0 fully saturated rings. The summed E-state index contributed by atoms with van der Waals surface area (Å²) in [4.78, 5) is 15.6. The zero-order valence-corrected chi connectivity index (χ0v) is 11.1. The molecule has 2 aromatic rings. The summed E-state index contributed by atoms with van der Waals surface area (Å²) in [6.07, 6.45) is 0.728. The van der Waals surface area contributed by atoms with Crippen molar-refractivity contribution in [3.63, 3.8) is 0 Å². The monoisotopic (exact) mass is 281 g/mol. The Bertz CT molecular complexity index is 556. The number of halogens is 1. The van der Waals surface area contributed by atoms with E-state index in [0.29, 0.717) is 22.4 Å². The van der Waals surface area contributed by atoms with Gasteiger partial charge in [-0.15, -0.1) is 11.3 Å². The summed E-state index contributed by atoms with van der Waals surface area (Å²) in [5.74, 6) is -0.204. The molecule has 1 aromatic heterocycles. The molecule has 0 aliphatic rings. The third-order valence-electron chi connectivity index (χ3n) is 2.34. The highest BCUT2D eigenvalue weighted by molar-refractivity contribution is 7.13. The van der Waals surface area contributed by atoms with Gasteiger partial charge in [0, 0.05) is 16.9 Å². The highest BCUT2D eigenvalue weighted by atomic mass is 35.5. The lowest BCUT2D eigenvalue weighted by molar-refractivity contribution is 0.0950. The summed E-state index contributed by atoms with van der Waals surface area (Å²) >= 11 is 7.13. The van der Waals surface area contributed by atoms with Gasteiger partial charge in [-0.05, 0) is 24.1 Å². The number of amides is 1. The Balaban J connectivity index is 1.84. The molecule has 0 aliphatic heterocycles. The first-order valence-electron chi connectivity index (χ1n) is 5.39. The quantitative estimate of drug-likeness (QED) is 0.904. The third-order valence-corrected chi connectivity index (χ3v) is 3.25. The number of anilines is 1. The molecule has 0 radical (unpaired) electrons. The van der Waals surface area contributed by atoms with Gasteiger partial charge in [0.2, 0.25) is 0 Å². The van der Waals surface area contributed by atoms with Crippen LogP contribution in [-0.4, -0.2) is 17.4 Å². The minimum absolute atomic E-state index is 0.204. The number of thiazole rings is 1. The van der Waals surface area contributed by atoms with E-state index in [-0.39, 0.29) is 5.91 Å². The Morgan fingerprint density at radius 2 is 2.33 bits per heavy atom. The average molecular weight is 282 g/mol. The second-order valence-electron chi connectivity index (χ2n) is 3.71. The van der Waals surface area contributed by atoms with Crippen molar-refractivity contribution >= 4 is 34.0 Å².